The number of rotatable bonds is 4. The summed E-state index contributed by atoms with van der Waals surface area (Å²) >= 11 is 0. The first-order chi connectivity index (χ1) is 9.42. The largest absolute Gasteiger partial charge is 0.497 e. The van der Waals surface area contributed by atoms with Crippen LogP contribution in [0.1, 0.15) is 0 Å². The fraction of sp³-hybridized carbons (Fsp3) is 0.0769. The van der Waals surface area contributed by atoms with Crippen LogP contribution in [0.5, 0.6) is 5.75 Å². The van der Waals surface area contributed by atoms with Crippen molar-refractivity contribution in [3.8, 4) is 5.75 Å². The second kappa shape index (κ2) is 5.38. The van der Waals surface area contributed by atoms with Gasteiger partial charge in [-0.05, 0) is 42.5 Å². The smallest absolute Gasteiger partial charge is 0.263 e. The maximum atomic E-state index is 12.9. The minimum atomic E-state index is -3.86. The number of nitrogen functional groups attached to an aromatic ring is 1. The number of methoxy groups -OCH3 is 1. The third-order valence-corrected chi connectivity index (χ3v) is 4.06. The molecule has 106 valence electrons. The molecule has 0 aromatic heterocycles. The van der Waals surface area contributed by atoms with Gasteiger partial charge in [-0.2, -0.15) is 0 Å². The highest BCUT2D eigenvalue weighted by atomic mass is 32.2. The predicted octanol–water partition coefficient (Wildman–Crippen LogP) is 2.22. The van der Waals surface area contributed by atoms with Crippen molar-refractivity contribution in [3.63, 3.8) is 0 Å². The fourth-order valence-electron chi connectivity index (χ4n) is 1.63. The quantitative estimate of drug-likeness (QED) is 0.848. The minimum absolute atomic E-state index is 0.147. The van der Waals surface area contributed by atoms with Crippen LogP contribution >= 0.6 is 0 Å². The molecular weight excluding hydrogens is 283 g/mol. The first-order valence-corrected chi connectivity index (χ1v) is 7.12. The Morgan fingerprint density at radius 2 is 1.80 bits per heavy atom. The highest BCUT2D eigenvalue weighted by Crippen LogP contribution is 2.23. The molecule has 0 radical (unpaired) electrons. The molecular formula is C13H13FN2O3S. The summed E-state index contributed by atoms with van der Waals surface area (Å²) in [5, 5.41) is 0. The topological polar surface area (TPSA) is 81.4 Å². The van der Waals surface area contributed by atoms with Gasteiger partial charge in [0.25, 0.3) is 10.0 Å². The molecule has 0 bridgehead atoms. The molecule has 2 rings (SSSR count). The number of hydrogen-bond acceptors (Lipinski definition) is 4. The molecule has 0 atom stereocenters. The molecule has 20 heavy (non-hydrogen) atoms. The Kier molecular flexibility index (Phi) is 3.80. The molecule has 0 fully saturated rings. The lowest BCUT2D eigenvalue weighted by molar-refractivity contribution is 0.415. The summed E-state index contributed by atoms with van der Waals surface area (Å²) in [4.78, 5) is -0.172. The van der Waals surface area contributed by atoms with Gasteiger partial charge in [0.1, 0.15) is 16.5 Å². The Morgan fingerprint density at radius 3 is 2.35 bits per heavy atom. The van der Waals surface area contributed by atoms with Crippen LogP contribution < -0.4 is 15.2 Å². The van der Waals surface area contributed by atoms with E-state index < -0.39 is 15.8 Å². The van der Waals surface area contributed by atoms with Crippen LogP contribution in [0.15, 0.2) is 47.4 Å². The fourth-order valence-corrected chi connectivity index (χ4v) is 2.81. The Bertz CT molecular complexity index is 715. The Morgan fingerprint density at radius 1 is 1.15 bits per heavy atom. The Balaban J connectivity index is 2.30. The van der Waals surface area contributed by atoms with Gasteiger partial charge in [0.2, 0.25) is 0 Å². The lowest BCUT2D eigenvalue weighted by Crippen LogP contribution is -2.14. The standard InChI is InChI=1S/C13H13FN2O3S/c1-19-11-5-3-10(4-6-11)16-20(17,18)13-7-2-9(14)8-12(13)15/h2-8,16H,15H2,1H3. The van der Waals surface area contributed by atoms with Crippen LogP contribution in [0.2, 0.25) is 0 Å². The minimum Gasteiger partial charge on any atom is -0.497 e. The van der Waals surface area contributed by atoms with E-state index in [2.05, 4.69) is 4.72 Å². The van der Waals surface area contributed by atoms with Crippen molar-refractivity contribution >= 4 is 21.4 Å². The van der Waals surface area contributed by atoms with Gasteiger partial charge in [-0.25, -0.2) is 12.8 Å². The van der Waals surface area contributed by atoms with E-state index in [1.807, 2.05) is 0 Å². The average Bonchev–Trinajstić information content (AvgIpc) is 2.38. The maximum Gasteiger partial charge on any atom is 0.263 e. The van der Waals surface area contributed by atoms with Crippen molar-refractivity contribution in [3.05, 3.63) is 48.3 Å². The van der Waals surface area contributed by atoms with Crippen molar-refractivity contribution in [2.45, 2.75) is 4.90 Å². The molecule has 0 aliphatic rings. The number of nitrogens with two attached hydrogens (primary N) is 1. The normalized spacial score (nSPS) is 11.1. The molecule has 0 aliphatic heterocycles. The molecule has 0 heterocycles. The summed E-state index contributed by atoms with van der Waals surface area (Å²) in [6.07, 6.45) is 0. The number of ether oxygens (including phenoxy) is 1. The molecule has 0 unspecified atom stereocenters. The van der Waals surface area contributed by atoms with Crippen LogP contribution in [-0.2, 0) is 10.0 Å². The molecule has 0 amide bonds. The van der Waals surface area contributed by atoms with Crippen LogP contribution in [0.3, 0.4) is 0 Å². The number of anilines is 2. The first kappa shape index (κ1) is 14.1. The van der Waals surface area contributed by atoms with Crippen LogP contribution in [0.25, 0.3) is 0 Å². The van der Waals surface area contributed by atoms with Gasteiger partial charge in [0.05, 0.1) is 12.8 Å². The summed E-state index contributed by atoms with van der Waals surface area (Å²) in [7, 11) is -2.35. The zero-order valence-electron chi connectivity index (χ0n) is 10.6. The van der Waals surface area contributed by atoms with E-state index in [4.69, 9.17) is 10.5 Å². The summed E-state index contributed by atoms with van der Waals surface area (Å²) in [6.45, 7) is 0. The number of nitrogens with one attached hydrogen (secondary N) is 1. The lowest BCUT2D eigenvalue weighted by atomic mass is 10.3. The molecule has 0 spiro atoms. The molecule has 7 heteroatoms. The third-order valence-electron chi connectivity index (χ3n) is 2.60. The van der Waals surface area contributed by atoms with E-state index in [-0.39, 0.29) is 10.6 Å². The molecule has 0 saturated heterocycles. The van der Waals surface area contributed by atoms with E-state index in [0.717, 1.165) is 18.2 Å². The third kappa shape index (κ3) is 3.00. The van der Waals surface area contributed by atoms with E-state index in [0.29, 0.717) is 11.4 Å². The highest BCUT2D eigenvalue weighted by Gasteiger charge is 2.17. The zero-order valence-corrected chi connectivity index (χ0v) is 11.4. The van der Waals surface area contributed by atoms with Crippen molar-refractivity contribution < 1.29 is 17.5 Å². The van der Waals surface area contributed by atoms with Crippen molar-refractivity contribution in [2.24, 2.45) is 0 Å². The molecule has 2 aromatic carbocycles. The van der Waals surface area contributed by atoms with Crippen molar-refractivity contribution in [2.75, 3.05) is 17.6 Å². The summed E-state index contributed by atoms with van der Waals surface area (Å²) in [5.41, 5.74) is 5.74. The van der Waals surface area contributed by atoms with E-state index in [1.165, 1.54) is 7.11 Å². The summed E-state index contributed by atoms with van der Waals surface area (Å²) in [5.74, 6) is 0.0140. The molecule has 0 saturated carbocycles. The molecule has 0 aliphatic carbocycles. The van der Waals surface area contributed by atoms with E-state index in [9.17, 15) is 12.8 Å². The van der Waals surface area contributed by atoms with E-state index in [1.54, 1.807) is 24.3 Å². The van der Waals surface area contributed by atoms with E-state index >= 15 is 0 Å². The molecule has 2 aromatic rings. The van der Waals surface area contributed by atoms with Crippen molar-refractivity contribution in [1.29, 1.82) is 0 Å². The van der Waals surface area contributed by atoms with Crippen LogP contribution in [-0.4, -0.2) is 15.5 Å². The summed E-state index contributed by atoms with van der Waals surface area (Å²) in [6, 6.07) is 9.46. The Labute approximate surface area is 116 Å². The number of halogens is 1. The van der Waals surface area contributed by atoms with Crippen LogP contribution in [0, 0.1) is 5.82 Å². The average molecular weight is 296 g/mol. The molecule has 3 N–H and O–H groups in total. The first-order valence-electron chi connectivity index (χ1n) is 5.64. The number of sulfonamides is 1. The number of hydrogen-bond donors (Lipinski definition) is 2. The predicted molar refractivity (Wildman–Crippen MR) is 74.6 cm³/mol. The van der Waals surface area contributed by atoms with Crippen LogP contribution in [0.4, 0.5) is 15.8 Å². The van der Waals surface area contributed by atoms with Gasteiger partial charge in [0.15, 0.2) is 0 Å². The van der Waals surface area contributed by atoms with Gasteiger partial charge < -0.3 is 10.5 Å². The van der Waals surface area contributed by atoms with Gasteiger partial charge in [0, 0.05) is 5.69 Å². The van der Waals surface area contributed by atoms with Gasteiger partial charge in [-0.3, -0.25) is 4.72 Å². The number of benzene rings is 2. The van der Waals surface area contributed by atoms with Gasteiger partial charge >= 0.3 is 0 Å². The zero-order chi connectivity index (χ0) is 14.8. The Hall–Kier alpha value is -2.28. The molecule has 5 nitrogen and oxygen atoms in total. The monoisotopic (exact) mass is 296 g/mol. The van der Waals surface area contributed by atoms with Gasteiger partial charge in [-0.1, -0.05) is 0 Å². The summed E-state index contributed by atoms with van der Waals surface area (Å²) < 4.78 is 44.6. The lowest BCUT2D eigenvalue weighted by Gasteiger charge is -2.10. The SMILES string of the molecule is COc1ccc(NS(=O)(=O)c2ccc(F)cc2N)cc1. The highest BCUT2D eigenvalue weighted by molar-refractivity contribution is 7.92. The van der Waals surface area contributed by atoms with Crippen molar-refractivity contribution in [1.82, 2.24) is 0 Å². The second-order valence-corrected chi connectivity index (χ2v) is 5.67. The van der Waals surface area contributed by atoms with Gasteiger partial charge in [-0.15, -0.1) is 0 Å². The second-order valence-electron chi connectivity index (χ2n) is 4.02. The maximum absolute atomic E-state index is 12.9.